The van der Waals surface area contributed by atoms with Crippen LogP contribution in [0, 0.1) is 17.2 Å². The van der Waals surface area contributed by atoms with E-state index in [-0.39, 0.29) is 0 Å². The molecule has 0 aromatic carbocycles. The molecule has 1 N–H and O–H groups in total. The molecule has 0 bridgehead atoms. The van der Waals surface area contributed by atoms with Crippen molar-refractivity contribution in [2.75, 3.05) is 11.9 Å². The van der Waals surface area contributed by atoms with Gasteiger partial charge in [-0.3, -0.25) is 0 Å². The van der Waals surface area contributed by atoms with Gasteiger partial charge in [0.25, 0.3) is 0 Å². The third kappa shape index (κ3) is 2.57. The van der Waals surface area contributed by atoms with Crippen molar-refractivity contribution >= 4 is 5.82 Å². The van der Waals surface area contributed by atoms with Gasteiger partial charge in [0.1, 0.15) is 6.07 Å². The van der Waals surface area contributed by atoms with Gasteiger partial charge in [0.2, 0.25) is 0 Å². The zero-order valence-corrected chi connectivity index (χ0v) is 9.06. The molecule has 1 heterocycles. The van der Waals surface area contributed by atoms with Crippen LogP contribution < -0.4 is 5.32 Å². The lowest BCUT2D eigenvalue weighted by Crippen LogP contribution is -2.16. The van der Waals surface area contributed by atoms with E-state index in [1.165, 1.54) is 12.6 Å². The summed E-state index contributed by atoms with van der Waals surface area (Å²) in [5.41, 5.74) is 0.557. The van der Waals surface area contributed by atoms with Crippen molar-refractivity contribution in [3.63, 3.8) is 0 Å². The Labute approximate surface area is 95.0 Å². The van der Waals surface area contributed by atoms with E-state index in [9.17, 15) is 0 Å². The molecule has 16 heavy (non-hydrogen) atoms. The van der Waals surface area contributed by atoms with Crippen LogP contribution in [0.15, 0.2) is 24.4 Å². The molecule has 0 aliphatic heterocycles. The second-order valence-corrected chi connectivity index (χ2v) is 3.94. The maximum atomic E-state index is 8.89. The van der Waals surface area contributed by atoms with Gasteiger partial charge < -0.3 is 5.32 Å². The van der Waals surface area contributed by atoms with Gasteiger partial charge in [0.15, 0.2) is 5.82 Å². The minimum Gasteiger partial charge on any atom is -0.367 e. The summed E-state index contributed by atoms with van der Waals surface area (Å²) < 4.78 is 0. The third-order valence-electron chi connectivity index (χ3n) is 2.78. The summed E-state index contributed by atoms with van der Waals surface area (Å²) in [6, 6.07) is 3.78. The maximum absolute atomic E-state index is 8.89. The molecular formula is C12H14N4. The highest BCUT2D eigenvalue weighted by molar-refractivity contribution is 5.50. The topological polar surface area (TPSA) is 61.6 Å². The molecule has 0 saturated heterocycles. The van der Waals surface area contributed by atoms with Crippen LogP contribution in [0.25, 0.3) is 0 Å². The van der Waals surface area contributed by atoms with E-state index >= 15 is 0 Å². The summed E-state index contributed by atoms with van der Waals surface area (Å²) in [7, 11) is 0. The van der Waals surface area contributed by atoms with Crippen molar-refractivity contribution in [2.45, 2.75) is 19.3 Å². The van der Waals surface area contributed by atoms with Crippen LogP contribution in [0.1, 0.15) is 24.8 Å². The largest absolute Gasteiger partial charge is 0.367 e. The van der Waals surface area contributed by atoms with Gasteiger partial charge in [0, 0.05) is 6.54 Å². The Morgan fingerprint density at radius 2 is 2.44 bits per heavy atom. The molecule has 0 radical (unpaired) electrons. The molecule has 1 aromatic heterocycles. The van der Waals surface area contributed by atoms with Crippen LogP contribution >= 0.6 is 0 Å². The smallest absolute Gasteiger partial charge is 0.166 e. The highest BCUT2D eigenvalue weighted by Crippen LogP contribution is 2.19. The number of rotatable bonds is 3. The lowest BCUT2D eigenvalue weighted by atomic mass is 9.94. The maximum Gasteiger partial charge on any atom is 0.166 e. The van der Waals surface area contributed by atoms with Crippen LogP contribution in [0.2, 0.25) is 0 Å². The van der Waals surface area contributed by atoms with Crippen molar-refractivity contribution in [1.29, 1.82) is 5.26 Å². The minimum atomic E-state index is 0.557. The first-order valence-electron chi connectivity index (χ1n) is 5.51. The Morgan fingerprint density at radius 1 is 1.50 bits per heavy atom. The fourth-order valence-corrected chi connectivity index (χ4v) is 1.84. The molecule has 0 fully saturated rings. The number of aromatic nitrogens is 2. The number of anilines is 1. The number of nitrogens with one attached hydrogen (secondary N) is 1. The first-order valence-corrected chi connectivity index (χ1v) is 5.51. The zero-order valence-electron chi connectivity index (χ0n) is 9.06. The summed E-state index contributed by atoms with van der Waals surface area (Å²) in [6.45, 7) is 0.859. The molecule has 4 nitrogen and oxygen atoms in total. The normalized spacial score (nSPS) is 19.1. The first-order chi connectivity index (χ1) is 7.90. The number of nitrogens with zero attached hydrogens (tertiary/aromatic N) is 3. The van der Waals surface area contributed by atoms with Crippen LogP contribution in [-0.4, -0.2) is 16.7 Å². The SMILES string of the molecule is N#Cc1ccnnc1NCC1CC=CCC1. The van der Waals surface area contributed by atoms with E-state index in [4.69, 9.17) is 5.26 Å². The van der Waals surface area contributed by atoms with E-state index in [2.05, 4.69) is 33.7 Å². The quantitative estimate of drug-likeness (QED) is 0.783. The summed E-state index contributed by atoms with van der Waals surface area (Å²) in [5.74, 6) is 1.23. The predicted molar refractivity (Wildman–Crippen MR) is 61.7 cm³/mol. The van der Waals surface area contributed by atoms with Crippen molar-refractivity contribution in [1.82, 2.24) is 10.2 Å². The first kappa shape index (κ1) is 10.6. The molecule has 1 atom stereocenters. The molecule has 0 spiro atoms. The molecule has 1 aromatic rings. The van der Waals surface area contributed by atoms with Gasteiger partial charge in [0.05, 0.1) is 11.8 Å². The van der Waals surface area contributed by atoms with E-state index in [0.29, 0.717) is 17.3 Å². The van der Waals surface area contributed by atoms with E-state index < -0.39 is 0 Å². The van der Waals surface area contributed by atoms with Gasteiger partial charge in [-0.15, -0.1) is 5.10 Å². The Balaban J connectivity index is 1.94. The van der Waals surface area contributed by atoms with Crippen molar-refractivity contribution in [2.24, 2.45) is 5.92 Å². The molecule has 1 unspecified atom stereocenters. The summed E-state index contributed by atoms with van der Waals surface area (Å²) in [4.78, 5) is 0. The van der Waals surface area contributed by atoms with Gasteiger partial charge in [-0.25, -0.2) is 0 Å². The Hall–Kier alpha value is -1.89. The highest BCUT2D eigenvalue weighted by atomic mass is 15.2. The molecule has 1 aliphatic rings. The summed E-state index contributed by atoms with van der Waals surface area (Å²) in [6.07, 6.45) is 9.43. The summed E-state index contributed by atoms with van der Waals surface area (Å²) in [5, 5.41) is 19.8. The molecule has 0 amide bonds. The van der Waals surface area contributed by atoms with E-state index in [1.54, 1.807) is 6.07 Å². The van der Waals surface area contributed by atoms with Gasteiger partial charge in [-0.05, 0) is 31.2 Å². The Bertz CT molecular complexity index is 419. The monoisotopic (exact) mass is 214 g/mol. The second kappa shape index (κ2) is 5.26. The van der Waals surface area contributed by atoms with Crippen molar-refractivity contribution in [3.05, 3.63) is 30.0 Å². The van der Waals surface area contributed by atoms with Gasteiger partial charge in [-0.1, -0.05) is 12.2 Å². The van der Waals surface area contributed by atoms with E-state index in [0.717, 1.165) is 19.4 Å². The van der Waals surface area contributed by atoms with Crippen LogP contribution in [0.4, 0.5) is 5.82 Å². The van der Waals surface area contributed by atoms with Crippen molar-refractivity contribution < 1.29 is 0 Å². The number of allylic oxidation sites excluding steroid dienone is 2. The average Bonchev–Trinajstić information content (AvgIpc) is 2.38. The highest BCUT2D eigenvalue weighted by Gasteiger charge is 2.11. The number of nitriles is 1. The Kier molecular flexibility index (Phi) is 3.50. The lowest BCUT2D eigenvalue weighted by Gasteiger charge is -2.18. The molecule has 82 valence electrons. The molecule has 0 saturated carbocycles. The predicted octanol–water partition coefficient (Wildman–Crippen LogP) is 2.12. The van der Waals surface area contributed by atoms with Crippen LogP contribution in [-0.2, 0) is 0 Å². The fourth-order valence-electron chi connectivity index (χ4n) is 1.84. The fraction of sp³-hybridized carbons (Fsp3) is 0.417. The second-order valence-electron chi connectivity index (χ2n) is 3.94. The van der Waals surface area contributed by atoms with Gasteiger partial charge in [-0.2, -0.15) is 10.4 Å². The van der Waals surface area contributed by atoms with Gasteiger partial charge >= 0.3 is 0 Å². The molecule has 2 rings (SSSR count). The molecular weight excluding hydrogens is 200 g/mol. The number of hydrogen-bond donors (Lipinski definition) is 1. The zero-order chi connectivity index (χ0) is 11.2. The minimum absolute atomic E-state index is 0.557. The lowest BCUT2D eigenvalue weighted by molar-refractivity contribution is 0.503. The molecule has 4 heteroatoms. The van der Waals surface area contributed by atoms with Crippen LogP contribution in [0.3, 0.4) is 0 Å². The Morgan fingerprint density at radius 3 is 3.19 bits per heavy atom. The van der Waals surface area contributed by atoms with E-state index in [1.807, 2.05) is 0 Å². The summed E-state index contributed by atoms with van der Waals surface area (Å²) >= 11 is 0. The number of hydrogen-bond acceptors (Lipinski definition) is 4. The molecule has 1 aliphatic carbocycles. The standard InChI is InChI=1S/C12H14N4/c13-8-11-6-7-15-16-12(11)14-9-10-4-2-1-3-5-10/h1-2,6-7,10H,3-5,9H2,(H,14,16). The van der Waals surface area contributed by atoms with Crippen LogP contribution in [0.5, 0.6) is 0 Å². The third-order valence-corrected chi connectivity index (χ3v) is 2.78. The average molecular weight is 214 g/mol. The van der Waals surface area contributed by atoms with Crippen molar-refractivity contribution in [3.8, 4) is 6.07 Å².